The van der Waals surface area contributed by atoms with Crippen molar-refractivity contribution in [3.63, 3.8) is 0 Å². The Morgan fingerprint density at radius 2 is 2.21 bits per heavy atom. The number of methoxy groups -OCH3 is 1. The van der Waals surface area contributed by atoms with Crippen molar-refractivity contribution in [2.45, 2.75) is 31.9 Å². The molecule has 0 bridgehead atoms. The summed E-state index contributed by atoms with van der Waals surface area (Å²) in [4.78, 5) is 2.07. The number of nitrogens with zero attached hydrogens (tertiary/aromatic N) is 3. The first-order chi connectivity index (χ1) is 8.98. The van der Waals surface area contributed by atoms with Crippen molar-refractivity contribution in [2.24, 2.45) is 5.73 Å². The Labute approximate surface area is 115 Å². The van der Waals surface area contributed by atoms with Crippen LogP contribution >= 0.6 is 0 Å². The minimum atomic E-state index is -1.08. The highest BCUT2D eigenvalue weighted by atomic mass is 16.5. The third-order valence-electron chi connectivity index (χ3n) is 3.23. The van der Waals surface area contributed by atoms with Gasteiger partial charge in [0.15, 0.2) is 5.75 Å². The first kappa shape index (κ1) is 15.9. The zero-order valence-corrected chi connectivity index (χ0v) is 12.4. The highest BCUT2D eigenvalue weighted by molar-refractivity contribution is 5.31. The molecule has 110 valence electrons. The Morgan fingerprint density at radius 1 is 1.53 bits per heavy atom. The molecule has 6 nitrogen and oxygen atoms in total. The van der Waals surface area contributed by atoms with Crippen molar-refractivity contribution >= 4 is 0 Å². The SMILES string of the molecule is CCCC(O)(CN)c1c(OC)cnn1CCN(C)C. The molecule has 0 aliphatic heterocycles. The molecule has 0 saturated carbocycles. The lowest BCUT2D eigenvalue weighted by molar-refractivity contribution is 0.0241. The normalized spacial score (nSPS) is 14.7. The number of nitrogens with two attached hydrogens (primary N) is 1. The van der Waals surface area contributed by atoms with E-state index in [9.17, 15) is 5.11 Å². The van der Waals surface area contributed by atoms with Crippen molar-refractivity contribution in [1.82, 2.24) is 14.7 Å². The molecule has 0 amide bonds. The fourth-order valence-corrected chi connectivity index (χ4v) is 2.18. The molecule has 1 heterocycles. The first-order valence-electron chi connectivity index (χ1n) is 6.66. The van der Waals surface area contributed by atoms with Gasteiger partial charge < -0.3 is 20.5 Å². The Kier molecular flexibility index (Phi) is 5.78. The Morgan fingerprint density at radius 3 is 2.68 bits per heavy atom. The van der Waals surface area contributed by atoms with Crippen LogP contribution in [0, 0.1) is 0 Å². The predicted molar refractivity (Wildman–Crippen MR) is 75.2 cm³/mol. The van der Waals surface area contributed by atoms with Gasteiger partial charge in [-0.15, -0.1) is 0 Å². The van der Waals surface area contributed by atoms with Gasteiger partial charge >= 0.3 is 0 Å². The first-order valence-corrected chi connectivity index (χ1v) is 6.66. The van der Waals surface area contributed by atoms with Crippen molar-refractivity contribution < 1.29 is 9.84 Å². The van der Waals surface area contributed by atoms with E-state index in [1.54, 1.807) is 18.0 Å². The quantitative estimate of drug-likeness (QED) is 0.715. The number of rotatable bonds is 8. The number of hydrogen-bond donors (Lipinski definition) is 2. The van der Waals surface area contributed by atoms with Crippen molar-refractivity contribution in [3.8, 4) is 5.75 Å². The van der Waals surface area contributed by atoms with E-state index >= 15 is 0 Å². The molecule has 0 aromatic carbocycles. The lowest BCUT2D eigenvalue weighted by Gasteiger charge is -2.28. The Balaban J connectivity index is 3.10. The van der Waals surface area contributed by atoms with E-state index in [2.05, 4.69) is 10.00 Å². The number of aliphatic hydroxyl groups is 1. The Bertz CT molecular complexity index is 392. The van der Waals surface area contributed by atoms with Gasteiger partial charge in [-0.05, 0) is 20.5 Å². The summed E-state index contributed by atoms with van der Waals surface area (Å²) in [6.07, 6.45) is 3.07. The van der Waals surface area contributed by atoms with E-state index in [1.165, 1.54) is 0 Å². The van der Waals surface area contributed by atoms with Gasteiger partial charge in [0.2, 0.25) is 0 Å². The number of hydrogen-bond acceptors (Lipinski definition) is 5. The highest BCUT2D eigenvalue weighted by Crippen LogP contribution is 2.32. The molecular formula is C13H26N4O2. The summed E-state index contributed by atoms with van der Waals surface area (Å²) in [5, 5.41) is 15.1. The average Bonchev–Trinajstić information content (AvgIpc) is 2.80. The van der Waals surface area contributed by atoms with E-state index in [0.29, 0.717) is 24.4 Å². The fourth-order valence-electron chi connectivity index (χ4n) is 2.18. The van der Waals surface area contributed by atoms with Crippen LogP contribution in [0.4, 0.5) is 0 Å². The summed E-state index contributed by atoms with van der Waals surface area (Å²) in [7, 11) is 5.59. The van der Waals surface area contributed by atoms with Crippen LogP contribution in [0.1, 0.15) is 25.5 Å². The van der Waals surface area contributed by atoms with Gasteiger partial charge in [-0.2, -0.15) is 5.10 Å². The van der Waals surface area contributed by atoms with Crippen molar-refractivity contribution in [1.29, 1.82) is 0 Å². The predicted octanol–water partition coefficient (Wildman–Crippen LogP) is 0.400. The molecular weight excluding hydrogens is 244 g/mol. The van der Waals surface area contributed by atoms with E-state index in [0.717, 1.165) is 13.0 Å². The van der Waals surface area contributed by atoms with Gasteiger partial charge in [0.05, 0.1) is 19.9 Å². The fraction of sp³-hybridized carbons (Fsp3) is 0.769. The van der Waals surface area contributed by atoms with E-state index in [-0.39, 0.29) is 6.54 Å². The molecule has 1 aromatic rings. The lowest BCUT2D eigenvalue weighted by atomic mass is 9.93. The molecule has 1 aromatic heterocycles. The molecule has 0 spiro atoms. The second-order valence-electron chi connectivity index (χ2n) is 5.07. The molecule has 0 radical (unpaired) electrons. The van der Waals surface area contributed by atoms with Gasteiger partial charge in [-0.3, -0.25) is 4.68 Å². The van der Waals surface area contributed by atoms with Crippen LogP contribution < -0.4 is 10.5 Å². The summed E-state index contributed by atoms with van der Waals surface area (Å²) in [6, 6.07) is 0. The monoisotopic (exact) mass is 270 g/mol. The summed E-state index contributed by atoms with van der Waals surface area (Å²) >= 11 is 0. The van der Waals surface area contributed by atoms with Crippen molar-refractivity contribution in [2.75, 3.05) is 34.3 Å². The summed E-state index contributed by atoms with van der Waals surface area (Å²) in [6.45, 7) is 3.71. The minimum absolute atomic E-state index is 0.158. The smallest absolute Gasteiger partial charge is 0.162 e. The maximum atomic E-state index is 10.8. The second kappa shape index (κ2) is 6.88. The van der Waals surface area contributed by atoms with Gasteiger partial charge in [-0.25, -0.2) is 0 Å². The number of aromatic nitrogens is 2. The van der Waals surface area contributed by atoms with Crippen LogP contribution in [0.5, 0.6) is 5.75 Å². The van der Waals surface area contributed by atoms with Crippen LogP contribution in [-0.2, 0) is 12.1 Å². The van der Waals surface area contributed by atoms with Gasteiger partial charge in [0, 0.05) is 13.1 Å². The zero-order chi connectivity index (χ0) is 14.5. The van der Waals surface area contributed by atoms with Crippen LogP contribution in [0.25, 0.3) is 0 Å². The van der Waals surface area contributed by atoms with Crippen LogP contribution in [0.2, 0.25) is 0 Å². The maximum Gasteiger partial charge on any atom is 0.162 e. The molecule has 1 rings (SSSR count). The van der Waals surface area contributed by atoms with Crippen LogP contribution in [-0.4, -0.2) is 54.1 Å². The summed E-state index contributed by atoms with van der Waals surface area (Å²) in [5.41, 5.74) is 5.38. The molecule has 0 fully saturated rings. The van der Waals surface area contributed by atoms with Gasteiger partial charge in [0.1, 0.15) is 11.3 Å². The lowest BCUT2D eigenvalue weighted by Crippen LogP contribution is -2.38. The molecule has 0 aliphatic carbocycles. The van der Waals surface area contributed by atoms with Crippen LogP contribution in [0.3, 0.4) is 0 Å². The summed E-state index contributed by atoms with van der Waals surface area (Å²) < 4.78 is 7.11. The molecule has 6 heteroatoms. The molecule has 0 aliphatic rings. The standard InChI is InChI=1S/C13H26N4O2/c1-5-6-13(18,10-14)12-11(19-4)9-15-17(12)8-7-16(2)3/h9,18H,5-8,10,14H2,1-4H3. The molecule has 1 atom stereocenters. The zero-order valence-electron chi connectivity index (χ0n) is 12.4. The van der Waals surface area contributed by atoms with E-state index in [1.807, 2.05) is 21.0 Å². The van der Waals surface area contributed by atoms with E-state index in [4.69, 9.17) is 10.5 Å². The second-order valence-corrected chi connectivity index (χ2v) is 5.07. The van der Waals surface area contributed by atoms with E-state index < -0.39 is 5.60 Å². The molecule has 3 N–H and O–H groups in total. The average molecular weight is 270 g/mol. The molecule has 19 heavy (non-hydrogen) atoms. The third kappa shape index (κ3) is 3.68. The van der Waals surface area contributed by atoms with Gasteiger partial charge in [-0.1, -0.05) is 13.3 Å². The minimum Gasteiger partial charge on any atom is -0.493 e. The Hall–Kier alpha value is -1.11. The third-order valence-corrected chi connectivity index (χ3v) is 3.23. The largest absolute Gasteiger partial charge is 0.493 e. The van der Waals surface area contributed by atoms with Crippen LogP contribution in [0.15, 0.2) is 6.20 Å². The molecule has 1 unspecified atom stereocenters. The number of likely N-dealkylation sites (N-methyl/N-ethyl adjacent to an activating group) is 1. The topological polar surface area (TPSA) is 76.5 Å². The highest BCUT2D eigenvalue weighted by Gasteiger charge is 2.34. The van der Waals surface area contributed by atoms with Crippen molar-refractivity contribution in [3.05, 3.63) is 11.9 Å². The number of ether oxygens (including phenoxy) is 1. The van der Waals surface area contributed by atoms with Gasteiger partial charge in [0.25, 0.3) is 0 Å². The molecule has 0 saturated heterocycles. The maximum absolute atomic E-state index is 10.8. The summed E-state index contributed by atoms with van der Waals surface area (Å²) in [5.74, 6) is 0.597.